The summed E-state index contributed by atoms with van der Waals surface area (Å²) in [5.41, 5.74) is 2.17. The van der Waals surface area contributed by atoms with Gasteiger partial charge in [0.2, 0.25) is 17.7 Å². The maximum atomic E-state index is 13.6. The molecule has 4 unspecified atom stereocenters. The molecule has 0 saturated carbocycles. The van der Waals surface area contributed by atoms with Crippen molar-refractivity contribution in [3.05, 3.63) is 90.0 Å². The van der Waals surface area contributed by atoms with Gasteiger partial charge in [-0.3, -0.25) is 14.4 Å². The van der Waals surface area contributed by atoms with E-state index in [0.29, 0.717) is 12.1 Å². The van der Waals surface area contributed by atoms with E-state index in [1.165, 1.54) is 6.33 Å². The zero-order valence-corrected chi connectivity index (χ0v) is 22.0. The number of carboxylic acid groups (broad SMARTS) is 1. The standard InChI is InChI=1S/C29H34N6O5/c36-26(22-12-7-13-31-22)34-24(16-21-17-30-18-32-21)28(38)33-23(14-19-8-3-1-4-9-19)27(37)35-25(29(39)40)15-20-10-5-2-6-11-20/h1-6,8-11,17-18,22-25,31H,7,12-16H2,(H,30,32)(H,33,38)(H,34,36)(H,35,37)(H,39,40). The first kappa shape index (κ1) is 28.5. The molecule has 210 valence electrons. The van der Waals surface area contributed by atoms with Gasteiger partial charge in [-0.1, -0.05) is 60.7 Å². The van der Waals surface area contributed by atoms with Gasteiger partial charge in [-0.15, -0.1) is 0 Å². The summed E-state index contributed by atoms with van der Waals surface area (Å²) in [7, 11) is 0. The Morgan fingerprint density at radius 3 is 1.93 bits per heavy atom. The molecule has 2 heterocycles. The smallest absolute Gasteiger partial charge is 0.326 e. The molecule has 0 bridgehead atoms. The SMILES string of the molecule is O=C(O)C(Cc1ccccc1)NC(=O)C(Cc1ccccc1)NC(=O)C(Cc1cnc[nH]1)NC(=O)C1CCCN1. The number of H-pyrrole nitrogens is 1. The van der Waals surface area contributed by atoms with Crippen molar-refractivity contribution in [2.75, 3.05) is 6.54 Å². The summed E-state index contributed by atoms with van der Waals surface area (Å²) in [5.74, 6) is -2.68. The van der Waals surface area contributed by atoms with Gasteiger partial charge in [0.25, 0.3) is 0 Å². The number of hydrogen-bond acceptors (Lipinski definition) is 6. The Hall–Kier alpha value is -4.51. The molecule has 1 aliphatic rings. The van der Waals surface area contributed by atoms with Crippen molar-refractivity contribution < 1.29 is 24.3 Å². The molecule has 4 rings (SSSR count). The second-order valence-corrected chi connectivity index (χ2v) is 9.83. The largest absolute Gasteiger partial charge is 0.480 e. The molecule has 1 aromatic heterocycles. The third kappa shape index (κ3) is 8.24. The molecule has 4 atom stereocenters. The van der Waals surface area contributed by atoms with Gasteiger partial charge in [-0.2, -0.15) is 0 Å². The van der Waals surface area contributed by atoms with Crippen LogP contribution in [0.5, 0.6) is 0 Å². The Balaban J connectivity index is 1.51. The first-order valence-corrected chi connectivity index (χ1v) is 13.3. The van der Waals surface area contributed by atoms with E-state index >= 15 is 0 Å². The fourth-order valence-electron chi connectivity index (χ4n) is 4.66. The fraction of sp³-hybridized carbons (Fsp3) is 0.345. The molecule has 1 saturated heterocycles. The summed E-state index contributed by atoms with van der Waals surface area (Å²) in [6, 6.07) is 14.4. The van der Waals surface area contributed by atoms with Gasteiger partial charge in [-0.05, 0) is 30.5 Å². The van der Waals surface area contributed by atoms with Gasteiger partial charge in [0, 0.05) is 31.2 Å². The van der Waals surface area contributed by atoms with Crippen molar-refractivity contribution >= 4 is 23.7 Å². The summed E-state index contributed by atoms with van der Waals surface area (Å²) >= 11 is 0. The average Bonchev–Trinajstić information content (AvgIpc) is 3.68. The predicted octanol–water partition coefficient (Wildman–Crippen LogP) is 0.729. The molecule has 11 nitrogen and oxygen atoms in total. The fourth-order valence-corrected chi connectivity index (χ4v) is 4.66. The van der Waals surface area contributed by atoms with E-state index in [1.807, 2.05) is 36.4 Å². The number of aliphatic carboxylic acids is 1. The molecule has 1 fully saturated rings. The minimum absolute atomic E-state index is 0.0841. The highest BCUT2D eigenvalue weighted by Crippen LogP contribution is 2.10. The lowest BCUT2D eigenvalue weighted by molar-refractivity contribution is -0.142. The van der Waals surface area contributed by atoms with Crippen LogP contribution in [0.3, 0.4) is 0 Å². The number of amides is 3. The monoisotopic (exact) mass is 546 g/mol. The Bertz CT molecular complexity index is 1260. The first-order valence-electron chi connectivity index (χ1n) is 13.3. The van der Waals surface area contributed by atoms with Crippen LogP contribution < -0.4 is 21.3 Å². The van der Waals surface area contributed by atoms with E-state index in [2.05, 4.69) is 31.2 Å². The number of benzene rings is 2. The average molecular weight is 547 g/mol. The summed E-state index contributed by atoms with van der Waals surface area (Å²) in [5, 5.41) is 21.1. The highest BCUT2D eigenvalue weighted by Gasteiger charge is 2.32. The second kappa shape index (κ2) is 14.0. The molecule has 1 aliphatic heterocycles. The number of carbonyl (C=O) groups is 4. The molecule has 0 spiro atoms. The van der Waals surface area contributed by atoms with E-state index in [4.69, 9.17) is 0 Å². The van der Waals surface area contributed by atoms with Gasteiger partial charge in [0.1, 0.15) is 18.1 Å². The highest BCUT2D eigenvalue weighted by molar-refractivity contribution is 5.94. The normalized spacial score (nSPS) is 16.9. The molecule has 11 heteroatoms. The van der Waals surface area contributed by atoms with Crippen molar-refractivity contribution in [2.45, 2.75) is 56.3 Å². The lowest BCUT2D eigenvalue weighted by Gasteiger charge is -2.25. The van der Waals surface area contributed by atoms with Crippen LogP contribution in [0.2, 0.25) is 0 Å². The second-order valence-electron chi connectivity index (χ2n) is 9.83. The molecule has 3 aromatic rings. The number of nitrogens with zero attached hydrogens (tertiary/aromatic N) is 1. The van der Waals surface area contributed by atoms with E-state index in [0.717, 1.165) is 24.1 Å². The Kier molecular flexibility index (Phi) is 10.0. The lowest BCUT2D eigenvalue weighted by atomic mass is 10.0. The van der Waals surface area contributed by atoms with Crippen molar-refractivity contribution in [2.24, 2.45) is 0 Å². The summed E-state index contributed by atoms with van der Waals surface area (Å²) in [4.78, 5) is 58.8. The quantitative estimate of drug-likeness (QED) is 0.184. The maximum Gasteiger partial charge on any atom is 0.326 e. The molecule has 3 amide bonds. The number of imidazole rings is 1. The zero-order chi connectivity index (χ0) is 28.3. The molecular weight excluding hydrogens is 512 g/mol. The molecule has 0 aliphatic carbocycles. The number of aromatic amines is 1. The van der Waals surface area contributed by atoms with Gasteiger partial charge >= 0.3 is 5.97 Å². The molecule has 40 heavy (non-hydrogen) atoms. The molecule has 0 radical (unpaired) electrons. The lowest BCUT2D eigenvalue weighted by Crippen LogP contribution is -2.58. The number of aromatic nitrogens is 2. The third-order valence-electron chi connectivity index (χ3n) is 6.80. The van der Waals surface area contributed by atoms with Crippen molar-refractivity contribution in [3.63, 3.8) is 0 Å². The number of rotatable bonds is 13. The topological polar surface area (TPSA) is 165 Å². The number of hydrogen-bond donors (Lipinski definition) is 6. The van der Waals surface area contributed by atoms with Crippen molar-refractivity contribution in [1.29, 1.82) is 0 Å². The number of carboxylic acids is 1. The third-order valence-corrected chi connectivity index (χ3v) is 6.80. The van der Waals surface area contributed by atoms with Crippen LogP contribution in [-0.4, -0.2) is 69.5 Å². The van der Waals surface area contributed by atoms with Gasteiger partial charge in [-0.25, -0.2) is 9.78 Å². The van der Waals surface area contributed by atoms with Crippen LogP contribution in [0.15, 0.2) is 73.2 Å². The van der Waals surface area contributed by atoms with Crippen LogP contribution in [0, 0.1) is 0 Å². The van der Waals surface area contributed by atoms with E-state index in [-0.39, 0.29) is 25.2 Å². The van der Waals surface area contributed by atoms with Gasteiger partial charge in [0.05, 0.1) is 12.4 Å². The van der Waals surface area contributed by atoms with Crippen LogP contribution in [0.4, 0.5) is 0 Å². The van der Waals surface area contributed by atoms with Crippen LogP contribution >= 0.6 is 0 Å². The summed E-state index contributed by atoms with van der Waals surface area (Å²) < 4.78 is 0. The minimum atomic E-state index is -1.20. The summed E-state index contributed by atoms with van der Waals surface area (Å²) in [6.07, 6.45) is 4.93. The van der Waals surface area contributed by atoms with Crippen LogP contribution in [0.25, 0.3) is 0 Å². The van der Waals surface area contributed by atoms with Crippen molar-refractivity contribution in [3.8, 4) is 0 Å². The Labute approximate surface area is 232 Å². The first-order chi connectivity index (χ1) is 19.4. The van der Waals surface area contributed by atoms with Crippen molar-refractivity contribution in [1.82, 2.24) is 31.2 Å². The zero-order valence-electron chi connectivity index (χ0n) is 22.0. The van der Waals surface area contributed by atoms with Crippen LogP contribution in [-0.2, 0) is 38.4 Å². The summed E-state index contributed by atoms with van der Waals surface area (Å²) in [6.45, 7) is 0.725. The van der Waals surface area contributed by atoms with E-state index in [9.17, 15) is 24.3 Å². The molecular formula is C29H34N6O5. The Morgan fingerprint density at radius 1 is 0.825 bits per heavy atom. The van der Waals surface area contributed by atoms with E-state index < -0.39 is 42.0 Å². The maximum absolute atomic E-state index is 13.6. The predicted molar refractivity (Wildman–Crippen MR) is 147 cm³/mol. The molecule has 2 aromatic carbocycles. The minimum Gasteiger partial charge on any atom is -0.480 e. The molecule has 6 N–H and O–H groups in total. The van der Waals surface area contributed by atoms with Crippen LogP contribution in [0.1, 0.15) is 29.7 Å². The Morgan fingerprint density at radius 2 is 1.40 bits per heavy atom. The van der Waals surface area contributed by atoms with Gasteiger partial charge in [0.15, 0.2) is 0 Å². The number of carbonyl (C=O) groups excluding carboxylic acids is 3. The van der Waals surface area contributed by atoms with E-state index in [1.54, 1.807) is 30.5 Å². The number of nitrogens with one attached hydrogen (secondary N) is 5. The van der Waals surface area contributed by atoms with Gasteiger partial charge < -0.3 is 31.4 Å². The highest BCUT2D eigenvalue weighted by atomic mass is 16.4.